The van der Waals surface area contributed by atoms with Gasteiger partial charge in [-0.15, -0.1) is 0 Å². The van der Waals surface area contributed by atoms with Gasteiger partial charge < -0.3 is 5.32 Å². The second-order valence-corrected chi connectivity index (χ2v) is 11.3. The molecule has 0 atom stereocenters. The third-order valence-corrected chi connectivity index (χ3v) is 9.31. The van der Waals surface area contributed by atoms with Gasteiger partial charge in [-0.1, -0.05) is 18.2 Å². The number of amides is 1. The number of piperidine rings is 1. The summed E-state index contributed by atoms with van der Waals surface area (Å²) in [7, 11) is -3.59. The van der Waals surface area contributed by atoms with E-state index in [1.54, 1.807) is 15.2 Å². The van der Waals surface area contributed by atoms with Crippen LogP contribution in [0, 0.1) is 33.6 Å². The largest absolute Gasteiger partial charge is 0.356 e. The first kappa shape index (κ1) is 25.1. The van der Waals surface area contributed by atoms with E-state index in [9.17, 15) is 13.2 Å². The van der Waals surface area contributed by atoms with Crippen molar-refractivity contribution in [2.45, 2.75) is 51.9 Å². The van der Waals surface area contributed by atoms with Crippen molar-refractivity contribution >= 4 is 15.9 Å². The van der Waals surface area contributed by atoms with Crippen LogP contribution >= 0.6 is 0 Å². The minimum absolute atomic E-state index is 0.00831. The summed E-state index contributed by atoms with van der Waals surface area (Å²) in [5.41, 5.74) is 5.72. The van der Waals surface area contributed by atoms with Crippen LogP contribution < -0.4 is 5.32 Å². The number of aromatic nitrogens is 2. The van der Waals surface area contributed by atoms with Crippen LogP contribution in [0.5, 0.6) is 0 Å². The molecule has 1 N–H and O–H groups in total. The highest BCUT2D eigenvalue weighted by atomic mass is 32.2. The lowest BCUT2D eigenvalue weighted by Gasteiger charge is -2.31. The van der Waals surface area contributed by atoms with Gasteiger partial charge >= 0.3 is 0 Å². The molecule has 1 aromatic heterocycles. The first-order valence-electron chi connectivity index (χ1n) is 12.1. The van der Waals surface area contributed by atoms with Gasteiger partial charge in [0.05, 0.1) is 10.6 Å². The monoisotopic (exact) mass is 494 g/mol. The first-order chi connectivity index (χ1) is 16.7. The molecule has 0 aliphatic carbocycles. The highest BCUT2D eigenvalue weighted by molar-refractivity contribution is 7.89. The molecule has 0 bridgehead atoms. The van der Waals surface area contributed by atoms with E-state index >= 15 is 0 Å². The quantitative estimate of drug-likeness (QED) is 0.541. The number of rotatable bonds is 7. The zero-order chi connectivity index (χ0) is 25.2. The van der Waals surface area contributed by atoms with Gasteiger partial charge in [0.1, 0.15) is 0 Å². The summed E-state index contributed by atoms with van der Waals surface area (Å²) in [6.45, 7) is 8.93. The fourth-order valence-corrected chi connectivity index (χ4v) is 6.81. The van der Waals surface area contributed by atoms with E-state index in [4.69, 9.17) is 0 Å². The van der Waals surface area contributed by atoms with Crippen molar-refractivity contribution in [2.24, 2.45) is 5.92 Å². The number of hydrogen-bond donors (Lipinski definition) is 1. The molecule has 1 saturated heterocycles. The summed E-state index contributed by atoms with van der Waals surface area (Å²) in [5, 5.41) is 7.26. The van der Waals surface area contributed by atoms with Gasteiger partial charge in [0.25, 0.3) is 0 Å². The number of aryl methyl sites for hydroxylation is 2. The van der Waals surface area contributed by atoms with E-state index in [1.165, 1.54) is 0 Å². The SMILES string of the molecule is Cc1cc(C)c(C)c(S(=O)(=O)N2CCC(C(=O)NCCc3ccc(-n4cccn4)cc3)CC2)c1C. The van der Waals surface area contributed by atoms with E-state index in [2.05, 4.69) is 10.4 Å². The third-order valence-electron chi connectivity index (χ3n) is 7.14. The van der Waals surface area contributed by atoms with E-state index in [1.807, 2.05) is 70.3 Å². The lowest BCUT2D eigenvalue weighted by atomic mass is 9.97. The predicted molar refractivity (Wildman–Crippen MR) is 137 cm³/mol. The summed E-state index contributed by atoms with van der Waals surface area (Å²) < 4.78 is 30.3. The Hall–Kier alpha value is -2.97. The molecule has 0 radical (unpaired) electrons. The van der Waals surface area contributed by atoms with Crippen molar-refractivity contribution in [3.05, 3.63) is 76.6 Å². The fourth-order valence-electron chi connectivity index (χ4n) is 4.77. The molecule has 7 nitrogen and oxygen atoms in total. The van der Waals surface area contributed by atoms with Gasteiger partial charge in [0.2, 0.25) is 15.9 Å². The van der Waals surface area contributed by atoms with Crippen LogP contribution in [0.1, 0.15) is 40.7 Å². The lowest BCUT2D eigenvalue weighted by molar-refractivity contribution is -0.126. The number of nitrogens with one attached hydrogen (secondary N) is 1. The number of benzene rings is 2. The summed E-state index contributed by atoms with van der Waals surface area (Å²) >= 11 is 0. The van der Waals surface area contributed by atoms with Crippen molar-refractivity contribution < 1.29 is 13.2 Å². The molecule has 0 spiro atoms. The van der Waals surface area contributed by atoms with Gasteiger partial charge in [-0.3, -0.25) is 4.79 Å². The number of carbonyl (C=O) groups is 1. The maximum Gasteiger partial charge on any atom is 0.243 e. The molecule has 1 fully saturated rings. The minimum atomic E-state index is -3.59. The highest BCUT2D eigenvalue weighted by Gasteiger charge is 2.34. The molecule has 35 heavy (non-hydrogen) atoms. The molecule has 4 rings (SSSR count). The van der Waals surface area contributed by atoms with E-state index in [0.29, 0.717) is 37.4 Å². The van der Waals surface area contributed by atoms with Crippen molar-refractivity contribution in [2.75, 3.05) is 19.6 Å². The van der Waals surface area contributed by atoms with Gasteiger partial charge in [-0.25, -0.2) is 13.1 Å². The zero-order valence-electron chi connectivity index (χ0n) is 20.9. The molecular formula is C27H34N4O3S. The molecule has 1 aliphatic rings. The van der Waals surface area contributed by atoms with E-state index in [0.717, 1.165) is 39.9 Å². The van der Waals surface area contributed by atoms with Gasteiger partial charge in [-0.2, -0.15) is 9.40 Å². The van der Waals surface area contributed by atoms with Gasteiger partial charge in [0, 0.05) is 37.9 Å². The third kappa shape index (κ3) is 5.33. The Morgan fingerprint density at radius 1 is 1.03 bits per heavy atom. The van der Waals surface area contributed by atoms with Crippen LogP contribution in [-0.2, 0) is 21.2 Å². The number of sulfonamides is 1. The maximum atomic E-state index is 13.5. The van der Waals surface area contributed by atoms with Crippen LogP contribution in [-0.4, -0.2) is 48.0 Å². The minimum Gasteiger partial charge on any atom is -0.356 e. The predicted octanol–water partition coefficient (Wildman–Crippen LogP) is 3.87. The van der Waals surface area contributed by atoms with Crippen LogP contribution in [0.4, 0.5) is 0 Å². The molecule has 1 aliphatic heterocycles. The molecule has 1 amide bonds. The van der Waals surface area contributed by atoms with E-state index < -0.39 is 10.0 Å². The second kappa shape index (κ2) is 10.3. The molecular weight excluding hydrogens is 460 g/mol. The highest BCUT2D eigenvalue weighted by Crippen LogP contribution is 2.31. The molecule has 3 aromatic rings. The topological polar surface area (TPSA) is 84.3 Å². The van der Waals surface area contributed by atoms with Crippen LogP contribution in [0.2, 0.25) is 0 Å². The lowest BCUT2D eigenvalue weighted by Crippen LogP contribution is -2.43. The molecule has 0 unspecified atom stereocenters. The molecule has 2 heterocycles. The Bertz CT molecular complexity index is 1260. The smallest absolute Gasteiger partial charge is 0.243 e. The van der Waals surface area contributed by atoms with E-state index in [-0.39, 0.29) is 11.8 Å². The number of hydrogen-bond acceptors (Lipinski definition) is 4. The van der Waals surface area contributed by atoms with Crippen LogP contribution in [0.25, 0.3) is 5.69 Å². The average molecular weight is 495 g/mol. The molecule has 0 saturated carbocycles. The number of nitrogens with zero attached hydrogens (tertiary/aromatic N) is 3. The average Bonchev–Trinajstić information content (AvgIpc) is 3.38. The van der Waals surface area contributed by atoms with Crippen molar-refractivity contribution in [1.82, 2.24) is 19.4 Å². The Morgan fingerprint density at radius 3 is 2.23 bits per heavy atom. The zero-order valence-corrected chi connectivity index (χ0v) is 21.7. The molecule has 2 aromatic carbocycles. The maximum absolute atomic E-state index is 13.5. The van der Waals surface area contributed by atoms with Crippen molar-refractivity contribution in [1.29, 1.82) is 0 Å². The standard InChI is InChI=1S/C27H34N4O3S/c1-19-18-20(2)22(4)26(21(19)3)35(33,34)30-16-11-24(12-17-30)27(32)28-14-10-23-6-8-25(9-7-23)31-15-5-13-29-31/h5-9,13,15,18,24H,10-12,14,16-17H2,1-4H3,(H,28,32). The second-order valence-electron chi connectivity index (χ2n) is 9.43. The van der Waals surface area contributed by atoms with Crippen LogP contribution in [0.15, 0.2) is 53.7 Å². The summed E-state index contributed by atoms with van der Waals surface area (Å²) in [6.07, 6.45) is 5.45. The summed E-state index contributed by atoms with van der Waals surface area (Å²) in [6, 6.07) is 12.0. The summed E-state index contributed by atoms with van der Waals surface area (Å²) in [4.78, 5) is 13.2. The Kier molecular flexibility index (Phi) is 7.42. The Labute approximate surface area is 208 Å². The normalized spacial score (nSPS) is 15.3. The van der Waals surface area contributed by atoms with Crippen molar-refractivity contribution in [3.8, 4) is 5.69 Å². The molecule has 186 valence electrons. The fraction of sp³-hybridized carbons (Fsp3) is 0.407. The summed E-state index contributed by atoms with van der Waals surface area (Å²) in [5.74, 6) is -0.154. The van der Waals surface area contributed by atoms with Crippen molar-refractivity contribution in [3.63, 3.8) is 0 Å². The van der Waals surface area contributed by atoms with Gasteiger partial charge in [0.15, 0.2) is 0 Å². The Balaban J connectivity index is 1.30. The first-order valence-corrected chi connectivity index (χ1v) is 13.6. The van der Waals surface area contributed by atoms with Crippen LogP contribution in [0.3, 0.4) is 0 Å². The number of carbonyl (C=O) groups excluding carboxylic acids is 1. The van der Waals surface area contributed by atoms with Gasteiger partial charge in [-0.05, 0) is 93.0 Å². The Morgan fingerprint density at radius 2 is 1.66 bits per heavy atom. The molecule has 8 heteroatoms.